The molecule has 1 saturated heterocycles. The number of amides is 1. The molecule has 2 aromatic rings. The highest BCUT2D eigenvalue weighted by Gasteiger charge is 2.27. The summed E-state index contributed by atoms with van der Waals surface area (Å²) >= 11 is 1.44. The Bertz CT molecular complexity index is 560. The second kappa shape index (κ2) is 6.36. The fourth-order valence-corrected chi connectivity index (χ4v) is 3.30. The minimum atomic E-state index is -0.126. The maximum atomic E-state index is 12.2. The van der Waals surface area contributed by atoms with Crippen molar-refractivity contribution in [2.24, 2.45) is 0 Å². The quantitative estimate of drug-likeness (QED) is 0.907. The van der Waals surface area contributed by atoms with Gasteiger partial charge in [0.15, 0.2) is 5.13 Å². The molecule has 1 aliphatic heterocycles. The normalized spacial score (nSPS) is 18.5. The fraction of sp³-hybridized carbons (Fsp3) is 0.500. The number of H-pyrrole nitrogens is 1. The Labute approximate surface area is 127 Å². The van der Waals surface area contributed by atoms with E-state index in [0.717, 1.165) is 25.9 Å². The number of hydrogen-bond acceptors (Lipinski definition) is 5. The molecule has 3 heterocycles. The number of carbonyl (C=O) groups is 1. The van der Waals surface area contributed by atoms with Gasteiger partial charge >= 0.3 is 0 Å². The van der Waals surface area contributed by atoms with Gasteiger partial charge in [-0.1, -0.05) is 0 Å². The van der Waals surface area contributed by atoms with Gasteiger partial charge in [0, 0.05) is 17.8 Å². The standard InChI is InChI=1S/C14H19N5OS/c1-10(13(20)18-14-15-4-7-21-14)19-5-2-11(3-6-19)12-8-16-17-9-12/h4,7-11H,2-3,5-6H2,1H3,(H,16,17)(H,15,18,20)/t10-/m0/s1. The molecule has 0 saturated carbocycles. The van der Waals surface area contributed by atoms with E-state index in [-0.39, 0.29) is 11.9 Å². The third-order valence-electron chi connectivity index (χ3n) is 4.11. The molecule has 0 radical (unpaired) electrons. The molecule has 112 valence electrons. The van der Waals surface area contributed by atoms with Crippen LogP contribution in [0.1, 0.15) is 31.2 Å². The summed E-state index contributed by atoms with van der Waals surface area (Å²) in [5.74, 6) is 0.570. The minimum Gasteiger partial charge on any atom is -0.301 e. The second-order valence-electron chi connectivity index (χ2n) is 5.34. The van der Waals surface area contributed by atoms with E-state index in [1.807, 2.05) is 24.7 Å². The van der Waals surface area contributed by atoms with Crippen LogP contribution in [0.2, 0.25) is 0 Å². The number of aromatic nitrogens is 3. The Morgan fingerprint density at radius 2 is 2.33 bits per heavy atom. The molecular weight excluding hydrogens is 286 g/mol. The molecule has 1 amide bonds. The zero-order chi connectivity index (χ0) is 14.7. The lowest BCUT2D eigenvalue weighted by atomic mass is 9.91. The molecule has 1 atom stereocenters. The van der Waals surface area contributed by atoms with Gasteiger partial charge in [0.1, 0.15) is 0 Å². The number of likely N-dealkylation sites (tertiary alicyclic amines) is 1. The van der Waals surface area contributed by atoms with E-state index < -0.39 is 0 Å². The Morgan fingerprint density at radius 1 is 1.52 bits per heavy atom. The van der Waals surface area contributed by atoms with Gasteiger partial charge in [-0.15, -0.1) is 11.3 Å². The SMILES string of the molecule is C[C@@H](C(=O)Nc1nccs1)N1CCC(c2cn[nH]c2)CC1. The van der Waals surface area contributed by atoms with Crippen molar-refractivity contribution in [2.75, 3.05) is 18.4 Å². The van der Waals surface area contributed by atoms with Crippen LogP contribution in [0.5, 0.6) is 0 Å². The highest BCUT2D eigenvalue weighted by atomic mass is 32.1. The molecule has 0 spiro atoms. The minimum absolute atomic E-state index is 0.0201. The summed E-state index contributed by atoms with van der Waals surface area (Å²) in [6.07, 6.45) is 7.70. The van der Waals surface area contributed by atoms with E-state index in [2.05, 4.69) is 25.4 Å². The summed E-state index contributed by atoms with van der Waals surface area (Å²) in [7, 11) is 0. The summed E-state index contributed by atoms with van der Waals surface area (Å²) < 4.78 is 0. The van der Waals surface area contributed by atoms with E-state index in [0.29, 0.717) is 11.0 Å². The number of aromatic amines is 1. The van der Waals surface area contributed by atoms with Crippen molar-refractivity contribution in [3.05, 3.63) is 29.5 Å². The monoisotopic (exact) mass is 305 g/mol. The Balaban J connectivity index is 1.52. The summed E-state index contributed by atoms with van der Waals surface area (Å²) in [4.78, 5) is 18.5. The van der Waals surface area contributed by atoms with Crippen LogP contribution < -0.4 is 5.32 Å². The number of anilines is 1. The predicted molar refractivity (Wildman–Crippen MR) is 82.3 cm³/mol. The van der Waals surface area contributed by atoms with Crippen LogP contribution in [0.15, 0.2) is 24.0 Å². The smallest absolute Gasteiger partial charge is 0.243 e. The topological polar surface area (TPSA) is 73.9 Å². The molecule has 21 heavy (non-hydrogen) atoms. The average molecular weight is 305 g/mol. The molecule has 7 heteroatoms. The third-order valence-corrected chi connectivity index (χ3v) is 4.80. The van der Waals surface area contributed by atoms with Crippen molar-refractivity contribution in [3.63, 3.8) is 0 Å². The average Bonchev–Trinajstić information content (AvgIpc) is 3.20. The third kappa shape index (κ3) is 3.30. The second-order valence-corrected chi connectivity index (χ2v) is 6.24. The lowest BCUT2D eigenvalue weighted by molar-refractivity contribution is -0.121. The van der Waals surface area contributed by atoms with E-state index >= 15 is 0 Å². The predicted octanol–water partition coefficient (Wildman–Crippen LogP) is 2.07. The summed E-state index contributed by atoms with van der Waals surface area (Å²) in [5.41, 5.74) is 1.27. The largest absolute Gasteiger partial charge is 0.301 e. The van der Waals surface area contributed by atoms with Crippen molar-refractivity contribution in [1.82, 2.24) is 20.1 Å². The van der Waals surface area contributed by atoms with Gasteiger partial charge in [0.25, 0.3) is 0 Å². The molecule has 2 aromatic heterocycles. The first kappa shape index (κ1) is 14.2. The van der Waals surface area contributed by atoms with Gasteiger partial charge < -0.3 is 5.32 Å². The number of thiazole rings is 1. The highest BCUT2D eigenvalue weighted by Crippen LogP contribution is 2.28. The zero-order valence-electron chi connectivity index (χ0n) is 12.0. The Kier molecular flexibility index (Phi) is 4.31. The van der Waals surface area contributed by atoms with Crippen LogP contribution in [0.4, 0.5) is 5.13 Å². The summed E-state index contributed by atoms with van der Waals surface area (Å²) in [5, 5.41) is 12.3. The first-order valence-corrected chi connectivity index (χ1v) is 8.05. The molecule has 3 rings (SSSR count). The number of rotatable bonds is 4. The van der Waals surface area contributed by atoms with Gasteiger partial charge in [0.2, 0.25) is 5.91 Å². The molecule has 0 unspecified atom stereocenters. The van der Waals surface area contributed by atoms with Gasteiger partial charge in [-0.05, 0) is 44.3 Å². The van der Waals surface area contributed by atoms with Crippen molar-refractivity contribution in [3.8, 4) is 0 Å². The van der Waals surface area contributed by atoms with Crippen LogP contribution in [0.3, 0.4) is 0 Å². The summed E-state index contributed by atoms with van der Waals surface area (Å²) in [6.45, 7) is 3.83. The fourth-order valence-electron chi connectivity index (χ4n) is 2.77. The van der Waals surface area contributed by atoms with Crippen molar-refractivity contribution in [2.45, 2.75) is 31.7 Å². The molecule has 1 fully saturated rings. The Hall–Kier alpha value is -1.73. The number of nitrogens with zero attached hydrogens (tertiary/aromatic N) is 3. The molecular formula is C14H19N5OS. The van der Waals surface area contributed by atoms with E-state index in [1.54, 1.807) is 6.20 Å². The van der Waals surface area contributed by atoms with E-state index in [1.165, 1.54) is 16.9 Å². The lowest BCUT2D eigenvalue weighted by Gasteiger charge is -2.34. The molecule has 2 N–H and O–H groups in total. The van der Waals surface area contributed by atoms with Crippen molar-refractivity contribution in [1.29, 1.82) is 0 Å². The number of piperidine rings is 1. The maximum Gasteiger partial charge on any atom is 0.243 e. The van der Waals surface area contributed by atoms with Crippen LogP contribution >= 0.6 is 11.3 Å². The summed E-state index contributed by atoms with van der Waals surface area (Å²) in [6, 6.07) is -0.126. The highest BCUT2D eigenvalue weighted by molar-refractivity contribution is 7.13. The number of hydrogen-bond donors (Lipinski definition) is 2. The van der Waals surface area contributed by atoms with Gasteiger partial charge in [-0.25, -0.2) is 4.98 Å². The molecule has 0 aliphatic carbocycles. The molecule has 6 nitrogen and oxygen atoms in total. The first-order valence-electron chi connectivity index (χ1n) is 7.17. The van der Waals surface area contributed by atoms with Gasteiger partial charge in [-0.2, -0.15) is 5.10 Å². The molecule has 0 bridgehead atoms. The Morgan fingerprint density at radius 3 is 2.95 bits per heavy atom. The first-order chi connectivity index (χ1) is 10.2. The van der Waals surface area contributed by atoms with E-state index in [9.17, 15) is 4.79 Å². The van der Waals surface area contributed by atoms with Crippen molar-refractivity contribution < 1.29 is 4.79 Å². The van der Waals surface area contributed by atoms with Crippen LogP contribution in [0.25, 0.3) is 0 Å². The van der Waals surface area contributed by atoms with Crippen LogP contribution in [-0.2, 0) is 4.79 Å². The van der Waals surface area contributed by atoms with E-state index in [4.69, 9.17) is 0 Å². The zero-order valence-corrected chi connectivity index (χ0v) is 12.8. The molecule has 1 aliphatic rings. The van der Waals surface area contributed by atoms with Crippen molar-refractivity contribution >= 4 is 22.4 Å². The number of nitrogens with one attached hydrogen (secondary N) is 2. The van der Waals surface area contributed by atoms with Gasteiger partial charge in [-0.3, -0.25) is 14.8 Å². The van der Waals surface area contributed by atoms with Crippen LogP contribution in [0, 0.1) is 0 Å². The maximum absolute atomic E-state index is 12.2. The van der Waals surface area contributed by atoms with Crippen LogP contribution in [-0.4, -0.2) is 45.1 Å². The lowest BCUT2D eigenvalue weighted by Crippen LogP contribution is -2.45. The number of carbonyl (C=O) groups excluding carboxylic acids is 1. The van der Waals surface area contributed by atoms with Gasteiger partial charge in [0.05, 0.1) is 12.2 Å². The molecule has 0 aromatic carbocycles.